The molecule has 0 bridgehead atoms. The number of carbonyl (C=O) groups excluding carboxylic acids is 1. The molecule has 21 heavy (non-hydrogen) atoms. The van der Waals surface area contributed by atoms with Crippen LogP contribution in [0.2, 0.25) is 5.02 Å². The van der Waals surface area contributed by atoms with Crippen molar-refractivity contribution >= 4 is 28.9 Å². The average Bonchev–Trinajstić information content (AvgIpc) is 2.47. The molecule has 110 valence electrons. The molecule has 0 saturated heterocycles. The lowest BCUT2D eigenvalue weighted by Crippen LogP contribution is -2.22. The van der Waals surface area contributed by atoms with Crippen LogP contribution < -0.4 is 15.4 Å². The molecule has 2 rings (SSSR count). The SMILES string of the molecule is CCOc1ccccc1NCC(=O)Nc1cccc(Cl)c1. The molecule has 4 nitrogen and oxygen atoms in total. The van der Waals surface area contributed by atoms with Gasteiger partial charge in [0.05, 0.1) is 18.8 Å². The van der Waals surface area contributed by atoms with E-state index >= 15 is 0 Å². The second kappa shape index (κ2) is 7.55. The number of hydrogen-bond acceptors (Lipinski definition) is 3. The molecule has 0 heterocycles. The van der Waals surface area contributed by atoms with Crippen LogP contribution in [0.3, 0.4) is 0 Å². The van der Waals surface area contributed by atoms with E-state index in [1.807, 2.05) is 31.2 Å². The van der Waals surface area contributed by atoms with Crippen LogP contribution in [0.4, 0.5) is 11.4 Å². The van der Waals surface area contributed by atoms with Gasteiger partial charge in [0, 0.05) is 10.7 Å². The Balaban J connectivity index is 1.92. The summed E-state index contributed by atoms with van der Waals surface area (Å²) in [6, 6.07) is 14.6. The molecular weight excluding hydrogens is 288 g/mol. The van der Waals surface area contributed by atoms with Crippen molar-refractivity contribution in [1.82, 2.24) is 0 Å². The highest BCUT2D eigenvalue weighted by molar-refractivity contribution is 6.30. The van der Waals surface area contributed by atoms with E-state index < -0.39 is 0 Å². The Labute approximate surface area is 129 Å². The minimum Gasteiger partial charge on any atom is -0.492 e. The Morgan fingerprint density at radius 1 is 1.19 bits per heavy atom. The molecule has 0 aliphatic heterocycles. The van der Waals surface area contributed by atoms with Crippen LogP contribution in [0.15, 0.2) is 48.5 Å². The molecule has 0 unspecified atom stereocenters. The highest BCUT2D eigenvalue weighted by Gasteiger charge is 2.06. The smallest absolute Gasteiger partial charge is 0.243 e. The average molecular weight is 305 g/mol. The first kappa shape index (κ1) is 15.2. The highest BCUT2D eigenvalue weighted by Crippen LogP contribution is 2.23. The zero-order valence-corrected chi connectivity index (χ0v) is 12.5. The van der Waals surface area contributed by atoms with Crippen LogP contribution in [-0.4, -0.2) is 19.1 Å². The lowest BCUT2D eigenvalue weighted by atomic mass is 10.3. The van der Waals surface area contributed by atoms with Gasteiger partial charge in [-0.2, -0.15) is 0 Å². The summed E-state index contributed by atoms with van der Waals surface area (Å²) in [5.74, 6) is 0.583. The van der Waals surface area contributed by atoms with Gasteiger partial charge in [0.1, 0.15) is 5.75 Å². The number of anilines is 2. The summed E-state index contributed by atoms with van der Waals surface area (Å²) < 4.78 is 5.49. The van der Waals surface area contributed by atoms with Gasteiger partial charge in [0.2, 0.25) is 5.91 Å². The molecule has 0 atom stereocenters. The molecule has 0 aromatic heterocycles. The Hall–Kier alpha value is -2.20. The van der Waals surface area contributed by atoms with Gasteiger partial charge in [0.15, 0.2) is 0 Å². The summed E-state index contributed by atoms with van der Waals surface area (Å²) in [7, 11) is 0. The van der Waals surface area contributed by atoms with Gasteiger partial charge in [-0.15, -0.1) is 0 Å². The number of hydrogen-bond donors (Lipinski definition) is 2. The van der Waals surface area contributed by atoms with E-state index in [4.69, 9.17) is 16.3 Å². The van der Waals surface area contributed by atoms with Crippen LogP contribution in [0.5, 0.6) is 5.75 Å². The van der Waals surface area contributed by atoms with Crippen LogP contribution in [0, 0.1) is 0 Å². The van der Waals surface area contributed by atoms with Gasteiger partial charge in [-0.05, 0) is 37.3 Å². The maximum absolute atomic E-state index is 11.9. The van der Waals surface area contributed by atoms with E-state index in [0.717, 1.165) is 11.4 Å². The van der Waals surface area contributed by atoms with Crippen molar-refractivity contribution < 1.29 is 9.53 Å². The normalized spacial score (nSPS) is 10.0. The Bertz CT molecular complexity index is 617. The Morgan fingerprint density at radius 2 is 2.00 bits per heavy atom. The standard InChI is InChI=1S/C16H17ClN2O2/c1-2-21-15-9-4-3-8-14(15)18-11-16(20)19-13-7-5-6-12(17)10-13/h3-10,18H,2,11H2,1H3,(H,19,20). The summed E-state index contributed by atoms with van der Waals surface area (Å²) in [6.07, 6.45) is 0. The molecule has 2 N–H and O–H groups in total. The fraction of sp³-hybridized carbons (Fsp3) is 0.188. The third kappa shape index (κ3) is 4.68. The quantitative estimate of drug-likeness (QED) is 0.853. The molecule has 0 aliphatic carbocycles. The van der Waals surface area contributed by atoms with Crippen molar-refractivity contribution in [3.63, 3.8) is 0 Å². The first-order valence-electron chi connectivity index (χ1n) is 6.70. The Kier molecular flexibility index (Phi) is 5.46. The van der Waals surface area contributed by atoms with E-state index in [1.54, 1.807) is 24.3 Å². The van der Waals surface area contributed by atoms with Crippen molar-refractivity contribution in [3.8, 4) is 5.75 Å². The predicted molar refractivity (Wildman–Crippen MR) is 86.2 cm³/mol. The zero-order valence-electron chi connectivity index (χ0n) is 11.7. The van der Waals surface area contributed by atoms with Gasteiger partial charge in [-0.3, -0.25) is 4.79 Å². The maximum Gasteiger partial charge on any atom is 0.243 e. The van der Waals surface area contributed by atoms with Crippen molar-refractivity contribution in [3.05, 3.63) is 53.6 Å². The monoisotopic (exact) mass is 304 g/mol. The van der Waals surface area contributed by atoms with Crippen LogP contribution in [0.1, 0.15) is 6.92 Å². The summed E-state index contributed by atoms with van der Waals surface area (Å²) in [6.45, 7) is 2.65. The number of ether oxygens (including phenoxy) is 1. The molecule has 1 amide bonds. The molecular formula is C16H17ClN2O2. The van der Waals surface area contributed by atoms with Gasteiger partial charge in [0.25, 0.3) is 0 Å². The number of rotatable bonds is 6. The highest BCUT2D eigenvalue weighted by atomic mass is 35.5. The third-order valence-corrected chi connectivity index (χ3v) is 2.97. The fourth-order valence-electron chi connectivity index (χ4n) is 1.84. The molecule has 0 aliphatic rings. The zero-order chi connectivity index (χ0) is 15.1. The van der Waals surface area contributed by atoms with E-state index in [0.29, 0.717) is 17.3 Å². The number of halogens is 1. The lowest BCUT2D eigenvalue weighted by molar-refractivity contribution is -0.114. The number of carbonyl (C=O) groups is 1. The van der Waals surface area contributed by atoms with Crippen LogP contribution >= 0.6 is 11.6 Å². The number of benzene rings is 2. The second-order valence-electron chi connectivity index (χ2n) is 4.34. The second-order valence-corrected chi connectivity index (χ2v) is 4.78. The molecule has 0 saturated carbocycles. The summed E-state index contributed by atoms with van der Waals surface area (Å²) in [5, 5.41) is 6.43. The molecule has 0 radical (unpaired) electrons. The van der Waals surface area contributed by atoms with Crippen molar-refractivity contribution in [2.24, 2.45) is 0 Å². The lowest BCUT2D eigenvalue weighted by Gasteiger charge is -2.12. The van der Waals surface area contributed by atoms with E-state index in [9.17, 15) is 4.79 Å². The third-order valence-electron chi connectivity index (χ3n) is 2.73. The maximum atomic E-state index is 11.9. The fourth-order valence-corrected chi connectivity index (χ4v) is 2.03. The summed E-state index contributed by atoms with van der Waals surface area (Å²) >= 11 is 5.87. The minimum absolute atomic E-state index is 0.149. The van der Waals surface area contributed by atoms with Crippen LogP contribution in [-0.2, 0) is 4.79 Å². The first-order valence-corrected chi connectivity index (χ1v) is 7.08. The van der Waals surface area contributed by atoms with Crippen LogP contribution in [0.25, 0.3) is 0 Å². The van der Waals surface area contributed by atoms with Crippen molar-refractivity contribution in [2.45, 2.75) is 6.92 Å². The number of nitrogens with one attached hydrogen (secondary N) is 2. The van der Waals surface area contributed by atoms with Gasteiger partial charge in [-0.1, -0.05) is 29.8 Å². The van der Waals surface area contributed by atoms with Crippen molar-refractivity contribution in [2.75, 3.05) is 23.8 Å². The van der Waals surface area contributed by atoms with E-state index in [1.165, 1.54) is 0 Å². The first-order chi connectivity index (χ1) is 10.2. The molecule has 2 aromatic rings. The van der Waals surface area contributed by atoms with Gasteiger partial charge in [-0.25, -0.2) is 0 Å². The molecule has 0 spiro atoms. The van der Waals surface area contributed by atoms with Gasteiger partial charge < -0.3 is 15.4 Å². The summed E-state index contributed by atoms with van der Waals surface area (Å²) in [4.78, 5) is 11.9. The van der Waals surface area contributed by atoms with E-state index in [2.05, 4.69) is 10.6 Å². The Morgan fingerprint density at radius 3 is 2.76 bits per heavy atom. The number of para-hydroxylation sites is 2. The molecule has 2 aromatic carbocycles. The largest absolute Gasteiger partial charge is 0.492 e. The minimum atomic E-state index is -0.149. The predicted octanol–water partition coefficient (Wildman–Crippen LogP) is 3.79. The molecule has 5 heteroatoms. The summed E-state index contributed by atoms with van der Waals surface area (Å²) in [5.41, 5.74) is 1.47. The van der Waals surface area contributed by atoms with Gasteiger partial charge >= 0.3 is 0 Å². The van der Waals surface area contributed by atoms with E-state index in [-0.39, 0.29) is 12.5 Å². The number of amides is 1. The topological polar surface area (TPSA) is 50.4 Å². The van der Waals surface area contributed by atoms with Crippen molar-refractivity contribution in [1.29, 1.82) is 0 Å². The molecule has 0 fully saturated rings.